The van der Waals surface area contributed by atoms with Gasteiger partial charge in [0, 0.05) is 25.2 Å². The van der Waals surface area contributed by atoms with Gasteiger partial charge in [0.25, 0.3) is 0 Å². The second-order valence-electron chi connectivity index (χ2n) is 4.75. The largest absolute Gasteiger partial charge is 0.497 e. The van der Waals surface area contributed by atoms with E-state index in [2.05, 4.69) is 5.32 Å². The van der Waals surface area contributed by atoms with Gasteiger partial charge >= 0.3 is 0 Å². The SMILES string of the molecule is CCNCCC(=O)N1CCCc2cc(OC)ccc21. The Morgan fingerprint density at radius 3 is 3.05 bits per heavy atom. The second kappa shape index (κ2) is 6.57. The minimum Gasteiger partial charge on any atom is -0.497 e. The van der Waals surface area contributed by atoms with Crippen LogP contribution in [0.3, 0.4) is 0 Å². The molecule has 2 rings (SSSR count). The average molecular weight is 262 g/mol. The number of anilines is 1. The van der Waals surface area contributed by atoms with Gasteiger partial charge < -0.3 is 15.0 Å². The molecule has 1 aliphatic heterocycles. The van der Waals surface area contributed by atoms with Crippen molar-refractivity contribution >= 4 is 11.6 Å². The summed E-state index contributed by atoms with van der Waals surface area (Å²) in [7, 11) is 1.67. The molecule has 0 radical (unpaired) electrons. The predicted octanol–water partition coefficient (Wildman–Crippen LogP) is 1.97. The van der Waals surface area contributed by atoms with Gasteiger partial charge in [0.05, 0.1) is 7.11 Å². The normalized spacial score (nSPS) is 14.1. The molecular weight excluding hydrogens is 240 g/mol. The topological polar surface area (TPSA) is 41.6 Å². The zero-order chi connectivity index (χ0) is 13.7. The van der Waals surface area contributed by atoms with E-state index in [-0.39, 0.29) is 5.91 Å². The molecule has 1 N–H and O–H groups in total. The van der Waals surface area contributed by atoms with Crippen molar-refractivity contribution in [3.8, 4) is 5.75 Å². The Morgan fingerprint density at radius 1 is 1.47 bits per heavy atom. The number of aryl methyl sites for hydroxylation is 1. The van der Waals surface area contributed by atoms with E-state index in [4.69, 9.17) is 4.74 Å². The van der Waals surface area contributed by atoms with E-state index < -0.39 is 0 Å². The molecule has 0 fully saturated rings. The van der Waals surface area contributed by atoms with Gasteiger partial charge in [-0.3, -0.25) is 4.79 Å². The lowest BCUT2D eigenvalue weighted by Gasteiger charge is -2.30. The first-order chi connectivity index (χ1) is 9.26. The van der Waals surface area contributed by atoms with Crippen LogP contribution in [-0.4, -0.2) is 32.7 Å². The van der Waals surface area contributed by atoms with E-state index in [1.165, 1.54) is 5.56 Å². The molecule has 104 valence electrons. The van der Waals surface area contributed by atoms with Crippen molar-refractivity contribution in [3.05, 3.63) is 23.8 Å². The van der Waals surface area contributed by atoms with E-state index in [0.717, 1.165) is 43.9 Å². The van der Waals surface area contributed by atoms with Gasteiger partial charge in [-0.1, -0.05) is 6.92 Å². The highest BCUT2D eigenvalue weighted by atomic mass is 16.5. The Balaban J connectivity index is 2.11. The minimum atomic E-state index is 0.201. The molecule has 1 aromatic rings. The van der Waals surface area contributed by atoms with Crippen molar-refractivity contribution < 1.29 is 9.53 Å². The van der Waals surface area contributed by atoms with Crippen LogP contribution in [0.2, 0.25) is 0 Å². The van der Waals surface area contributed by atoms with Crippen molar-refractivity contribution in [2.75, 3.05) is 31.6 Å². The van der Waals surface area contributed by atoms with Crippen LogP contribution >= 0.6 is 0 Å². The number of hydrogen-bond donors (Lipinski definition) is 1. The third-order valence-electron chi connectivity index (χ3n) is 3.47. The summed E-state index contributed by atoms with van der Waals surface area (Å²) in [5.41, 5.74) is 2.26. The Morgan fingerprint density at radius 2 is 2.32 bits per heavy atom. The van der Waals surface area contributed by atoms with E-state index in [0.29, 0.717) is 6.42 Å². The summed E-state index contributed by atoms with van der Waals surface area (Å²) in [5, 5.41) is 3.19. The molecule has 4 nitrogen and oxygen atoms in total. The van der Waals surface area contributed by atoms with E-state index in [1.54, 1.807) is 7.11 Å². The summed E-state index contributed by atoms with van der Waals surface area (Å²) in [6, 6.07) is 5.96. The monoisotopic (exact) mass is 262 g/mol. The van der Waals surface area contributed by atoms with Crippen molar-refractivity contribution in [2.45, 2.75) is 26.2 Å². The minimum absolute atomic E-state index is 0.201. The lowest BCUT2D eigenvalue weighted by molar-refractivity contribution is -0.118. The first-order valence-corrected chi connectivity index (χ1v) is 6.94. The van der Waals surface area contributed by atoms with Crippen molar-refractivity contribution in [2.24, 2.45) is 0 Å². The van der Waals surface area contributed by atoms with E-state index in [9.17, 15) is 4.79 Å². The Hall–Kier alpha value is -1.55. The standard InChI is InChI=1S/C15H22N2O2/c1-3-16-9-8-15(18)17-10-4-5-12-11-13(19-2)6-7-14(12)17/h6-7,11,16H,3-5,8-10H2,1-2H3. The van der Waals surface area contributed by atoms with Crippen molar-refractivity contribution in [1.29, 1.82) is 0 Å². The highest BCUT2D eigenvalue weighted by Crippen LogP contribution is 2.30. The predicted molar refractivity (Wildman–Crippen MR) is 76.8 cm³/mol. The zero-order valence-corrected chi connectivity index (χ0v) is 11.7. The maximum Gasteiger partial charge on any atom is 0.228 e. The van der Waals surface area contributed by atoms with E-state index >= 15 is 0 Å². The van der Waals surface area contributed by atoms with Gasteiger partial charge in [0.2, 0.25) is 5.91 Å². The number of hydrogen-bond acceptors (Lipinski definition) is 3. The van der Waals surface area contributed by atoms with Gasteiger partial charge in [-0.2, -0.15) is 0 Å². The highest BCUT2D eigenvalue weighted by molar-refractivity contribution is 5.94. The van der Waals surface area contributed by atoms with Gasteiger partial charge in [0.1, 0.15) is 5.75 Å². The third kappa shape index (κ3) is 3.26. The highest BCUT2D eigenvalue weighted by Gasteiger charge is 2.22. The van der Waals surface area contributed by atoms with Crippen LogP contribution in [-0.2, 0) is 11.2 Å². The summed E-state index contributed by atoms with van der Waals surface area (Å²) >= 11 is 0. The van der Waals surface area contributed by atoms with Crippen LogP contribution in [0, 0.1) is 0 Å². The van der Waals surface area contributed by atoms with Crippen LogP contribution in [0.15, 0.2) is 18.2 Å². The number of rotatable bonds is 5. The molecule has 0 atom stereocenters. The molecule has 1 aromatic carbocycles. The Labute approximate surface area is 114 Å². The van der Waals surface area contributed by atoms with Crippen LogP contribution < -0.4 is 15.0 Å². The number of carbonyl (C=O) groups excluding carboxylic acids is 1. The lowest BCUT2D eigenvalue weighted by Crippen LogP contribution is -2.37. The van der Waals surface area contributed by atoms with Crippen molar-refractivity contribution in [1.82, 2.24) is 5.32 Å². The lowest BCUT2D eigenvalue weighted by atomic mass is 10.0. The zero-order valence-electron chi connectivity index (χ0n) is 11.7. The summed E-state index contributed by atoms with van der Waals surface area (Å²) in [5.74, 6) is 1.06. The summed E-state index contributed by atoms with van der Waals surface area (Å²) in [6.07, 6.45) is 2.59. The quantitative estimate of drug-likeness (QED) is 0.825. The Bertz CT molecular complexity index is 446. The maximum absolute atomic E-state index is 12.2. The first kappa shape index (κ1) is 13.9. The molecule has 0 unspecified atom stereocenters. The fourth-order valence-corrected chi connectivity index (χ4v) is 2.47. The molecule has 1 aliphatic rings. The second-order valence-corrected chi connectivity index (χ2v) is 4.75. The fraction of sp³-hybridized carbons (Fsp3) is 0.533. The number of carbonyl (C=O) groups is 1. The molecule has 0 bridgehead atoms. The number of nitrogens with one attached hydrogen (secondary N) is 1. The summed E-state index contributed by atoms with van der Waals surface area (Å²) in [4.78, 5) is 14.2. The van der Waals surface area contributed by atoms with Crippen LogP contribution in [0.4, 0.5) is 5.69 Å². The fourth-order valence-electron chi connectivity index (χ4n) is 2.47. The molecular formula is C15H22N2O2. The van der Waals surface area contributed by atoms with E-state index in [1.807, 2.05) is 30.0 Å². The van der Waals surface area contributed by atoms with Gasteiger partial charge in [0.15, 0.2) is 0 Å². The van der Waals surface area contributed by atoms with Crippen LogP contribution in [0.1, 0.15) is 25.3 Å². The molecule has 1 heterocycles. The smallest absolute Gasteiger partial charge is 0.228 e. The molecule has 0 spiro atoms. The van der Waals surface area contributed by atoms with Gasteiger partial charge in [-0.25, -0.2) is 0 Å². The number of benzene rings is 1. The molecule has 19 heavy (non-hydrogen) atoms. The summed E-state index contributed by atoms with van der Waals surface area (Å²) < 4.78 is 5.24. The maximum atomic E-state index is 12.2. The molecule has 0 saturated carbocycles. The molecule has 0 aromatic heterocycles. The molecule has 0 saturated heterocycles. The van der Waals surface area contributed by atoms with Gasteiger partial charge in [-0.15, -0.1) is 0 Å². The third-order valence-corrected chi connectivity index (χ3v) is 3.47. The van der Waals surface area contributed by atoms with Gasteiger partial charge in [-0.05, 0) is 43.1 Å². The number of methoxy groups -OCH3 is 1. The number of fused-ring (bicyclic) bond motifs is 1. The Kier molecular flexibility index (Phi) is 4.80. The van der Waals surface area contributed by atoms with Crippen molar-refractivity contribution in [3.63, 3.8) is 0 Å². The first-order valence-electron chi connectivity index (χ1n) is 6.94. The summed E-state index contributed by atoms with van der Waals surface area (Å²) in [6.45, 7) is 4.52. The number of amides is 1. The van der Waals surface area contributed by atoms with Crippen LogP contribution in [0.5, 0.6) is 5.75 Å². The number of nitrogens with zero attached hydrogens (tertiary/aromatic N) is 1. The molecule has 0 aliphatic carbocycles. The van der Waals surface area contributed by atoms with Crippen LogP contribution in [0.25, 0.3) is 0 Å². The molecule has 1 amide bonds. The molecule has 4 heteroatoms. The number of ether oxygens (including phenoxy) is 1. The average Bonchev–Trinajstić information content (AvgIpc) is 2.46.